The van der Waals surface area contributed by atoms with Crippen molar-refractivity contribution in [1.82, 2.24) is 0 Å². The van der Waals surface area contributed by atoms with Crippen LogP contribution < -0.4 is 9.47 Å². The summed E-state index contributed by atoms with van der Waals surface area (Å²) in [5, 5.41) is 0. The average Bonchev–Trinajstić information content (AvgIpc) is 3.43. The Labute approximate surface area is 296 Å². The summed E-state index contributed by atoms with van der Waals surface area (Å²) in [7, 11) is 0. The van der Waals surface area contributed by atoms with E-state index in [0.717, 1.165) is 54.8 Å². The number of hydrogen-bond acceptors (Lipinski definition) is 7. The van der Waals surface area contributed by atoms with Gasteiger partial charge in [0.05, 0.1) is 45.2 Å². The van der Waals surface area contributed by atoms with Crippen molar-refractivity contribution in [2.24, 2.45) is 46.3 Å². The molecule has 4 aliphatic carbocycles. The Hall–Kier alpha value is -2.09. The lowest BCUT2D eigenvalue weighted by Crippen LogP contribution is -2.51. The number of carbonyl (C=O) groups is 1. The van der Waals surface area contributed by atoms with Crippen molar-refractivity contribution in [3.8, 4) is 11.5 Å². The predicted octanol–water partition coefficient (Wildman–Crippen LogP) is 9.07. The van der Waals surface area contributed by atoms with E-state index >= 15 is 0 Å². The summed E-state index contributed by atoms with van der Waals surface area (Å²) in [5.74, 6) is 5.75. The highest BCUT2D eigenvalue weighted by Crippen LogP contribution is 2.67. The van der Waals surface area contributed by atoms with Gasteiger partial charge in [0.15, 0.2) is 11.5 Å². The first-order chi connectivity index (χ1) is 23.7. The molecule has 0 aromatic heterocycles. The van der Waals surface area contributed by atoms with E-state index in [-0.39, 0.29) is 17.5 Å². The molecule has 7 heteroatoms. The van der Waals surface area contributed by atoms with Crippen molar-refractivity contribution < 1.29 is 33.2 Å². The Bertz CT molecular complexity index is 1280. The van der Waals surface area contributed by atoms with Gasteiger partial charge in [0, 0.05) is 6.42 Å². The number of allylic oxidation sites excluding steroid dienone is 1. The van der Waals surface area contributed by atoms with Crippen LogP contribution in [0.25, 0.3) is 0 Å². The van der Waals surface area contributed by atoms with Gasteiger partial charge in [-0.2, -0.15) is 0 Å². The number of esters is 1. The summed E-state index contributed by atoms with van der Waals surface area (Å²) in [4.78, 5) is 13.5. The Morgan fingerprint density at radius 3 is 2.22 bits per heavy atom. The maximum absolute atomic E-state index is 13.5. The number of rotatable bonds is 7. The number of fused-ring (bicyclic) bond motifs is 6. The highest BCUT2D eigenvalue weighted by Gasteiger charge is 2.59. The van der Waals surface area contributed by atoms with E-state index in [1.807, 2.05) is 0 Å². The lowest BCUT2D eigenvalue weighted by molar-refractivity contribution is -0.0594. The minimum Gasteiger partial charge on any atom is -0.487 e. The first-order valence-corrected chi connectivity index (χ1v) is 19.7. The minimum atomic E-state index is -0.296. The van der Waals surface area contributed by atoms with Crippen LogP contribution in [0.2, 0.25) is 0 Å². The quantitative estimate of drug-likeness (QED) is 0.210. The summed E-state index contributed by atoms with van der Waals surface area (Å²) >= 11 is 0. The molecule has 274 valence electrons. The fourth-order valence-electron chi connectivity index (χ4n) is 10.8. The summed E-state index contributed by atoms with van der Waals surface area (Å²) in [6.45, 7) is 16.2. The van der Waals surface area contributed by atoms with Gasteiger partial charge in [0.2, 0.25) is 0 Å². The molecule has 1 aromatic rings. The second kappa shape index (κ2) is 16.5. The van der Waals surface area contributed by atoms with Crippen LogP contribution in [0.4, 0.5) is 0 Å². The van der Waals surface area contributed by atoms with Gasteiger partial charge in [-0.1, -0.05) is 65.5 Å². The molecular formula is C42H64O7. The van der Waals surface area contributed by atoms with Crippen molar-refractivity contribution >= 4 is 5.97 Å². The van der Waals surface area contributed by atoms with Gasteiger partial charge in [-0.25, -0.2) is 4.79 Å². The number of ether oxygens (including phenoxy) is 6. The topological polar surface area (TPSA) is 72.5 Å². The molecule has 1 aromatic carbocycles. The van der Waals surface area contributed by atoms with Gasteiger partial charge in [-0.15, -0.1) is 0 Å². The van der Waals surface area contributed by atoms with Crippen LogP contribution in [-0.4, -0.2) is 64.9 Å². The van der Waals surface area contributed by atoms with Gasteiger partial charge < -0.3 is 28.4 Å². The fourth-order valence-corrected chi connectivity index (χ4v) is 10.8. The molecule has 1 heterocycles. The Morgan fingerprint density at radius 1 is 0.816 bits per heavy atom. The van der Waals surface area contributed by atoms with E-state index in [1.165, 1.54) is 51.4 Å². The Kier molecular flexibility index (Phi) is 12.4. The summed E-state index contributed by atoms with van der Waals surface area (Å²) in [6, 6.07) is 5.32. The third kappa shape index (κ3) is 8.36. The van der Waals surface area contributed by atoms with Crippen molar-refractivity contribution in [1.29, 1.82) is 0 Å². The standard InChI is InChI=1S/C42H64O7/c1-29(2)7-6-8-30(3)35-12-13-36-34-11-10-32-28-33(15-17-41(32,4)37(34)16-18-42(35,36)5)49-40(43)31-9-14-38-39(27-31)48-26-24-46-22-20-44-19-21-45-23-25-47-38/h9-10,14,27,29-30,33-37H,6-8,11-13,15-26,28H2,1-5H3/t30-,33+,34+,35-,36+,37+,41+,42-/m1/s1. The molecule has 49 heavy (non-hydrogen) atoms. The van der Waals surface area contributed by atoms with E-state index in [4.69, 9.17) is 28.4 Å². The SMILES string of the molecule is CC(C)CCC[C@@H](C)[C@H]1CC[C@H]2[C@@H]3CC=C4C[C@@H](OC(=O)c5ccc6c(c5)OCCOCCOCCOCCO6)CC[C@]4(C)[C@H]3CC[C@]12C. The fraction of sp³-hybridized carbons (Fsp3) is 0.786. The molecule has 0 amide bonds. The first kappa shape index (κ1) is 36.7. The summed E-state index contributed by atoms with van der Waals surface area (Å²) in [5.41, 5.74) is 2.75. The van der Waals surface area contributed by atoms with E-state index in [2.05, 4.69) is 40.7 Å². The van der Waals surface area contributed by atoms with Gasteiger partial charge in [0.25, 0.3) is 0 Å². The molecule has 0 N–H and O–H groups in total. The van der Waals surface area contributed by atoms with Crippen LogP contribution in [0.15, 0.2) is 29.8 Å². The molecule has 0 spiro atoms. The summed E-state index contributed by atoms with van der Waals surface area (Å²) < 4.78 is 34.9. The molecule has 5 aliphatic rings. The molecule has 0 radical (unpaired) electrons. The van der Waals surface area contributed by atoms with Crippen LogP contribution in [-0.2, 0) is 18.9 Å². The van der Waals surface area contributed by atoms with Crippen molar-refractivity contribution in [3.05, 3.63) is 35.4 Å². The van der Waals surface area contributed by atoms with Gasteiger partial charge in [0.1, 0.15) is 19.3 Å². The maximum Gasteiger partial charge on any atom is 0.338 e. The molecule has 3 fully saturated rings. The third-order valence-corrected chi connectivity index (χ3v) is 13.4. The smallest absolute Gasteiger partial charge is 0.338 e. The number of hydrogen-bond donors (Lipinski definition) is 0. The second-order valence-electron chi connectivity index (χ2n) is 16.8. The molecule has 0 saturated heterocycles. The van der Waals surface area contributed by atoms with E-state index < -0.39 is 0 Å². The largest absolute Gasteiger partial charge is 0.487 e. The van der Waals surface area contributed by atoms with E-state index in [0.29, 0.717) is 75.3 Å². The van der Waals surface area contributed by atoms with Crippen molar-refractivity contribution in [2.75, 3.05) is 52.9 Å². The van der Waals surface area contributed by atoms with Crippen LogP contribution in [0.1, 0.15) is 116 Å². The van der Waals surface area contributed by atoms with Crippen molar-refractivity contribution in [3.63, 3.8) is 0 Å². The molecule has 0 unspecified atom stereocenters. The highest BCUT2D eigenvalue weighted by atomic mass is 16.6. The molecule has 3 saturated carbocycles. The monoisotopic (exact) mass is 680 g/mol. The molecule has 6 rings (SSSR count). The first-order valence-electron chi connectivity index (χ1n) is 19.7. The highest BCUT2D eigenvalue weighted by molar-refractivity contribution is 5.90. The maximum atomic E-state index is 13.5. The third-order valence-electron chi connectivity index (χ3n) is 13.4. The zero-order valence-corrected chi connectivity index (χ0v) is 31.1. The van der Waals surface area contributed by atoms with Crippen molar-refractivity contribution in [2.45, 2.75) is 111 Å². The van der Waals surface area contributed by atoms with Crippen LogP contribution >= 0.6 is 0 Å². The predicted molar refractivity (Wildman–Crippen MR) is 192 cm³/mol. The molecular weight excluding hydrogens is 616 g/mol. The molecule has 7 nitrogen and oxygen atoms in total. The number of benzene rings is 1. The summed E-state index contributed by atoms with van der Waals surface area (Å²) in [6.07, 6.45) is 16.3. The lowest BCUT2D eigenvalue weighted by Gasteiger charge is -2.58. The minimum absolute atomic E-state index is 0.0951. The van der Waals surface area contributed by atoms with E-state index in [1.54, 1.807) is 23.8 Å². The molecule has 1 aliphatic heterocycles. The van der Waals surface area contributed by atoms with Crippen LogP contribution in [0.3, 0.4) is 0 Å². The normalized spacial score (nSPS) is 34.7. The van der Waals surface area contributed by atoms with E-state index in [9.17, 15) is 4.79 Å². The second-order valence-corrected chi connectivity index (χ2v) is 16.8. The zero-order valence-electron chi connectivity index (χ0n) is 31.1. The Balaban J connectivity index is 1.07. The molecule has 0 bridgehead atoms. The van der Waals surface area contributed by atoms with Gasteiger partial charge in [-0.3, -0.25) is 0 Å². The molecule has 8 atom stereocenters. The lowest BCUT2D eigenvalue weighted by atomic mass is 9.47. The van der Waals surface area contributed by atoms with Crippen LogP contribution in [0, 0.1) is 46.3 Å². The van der Waals surface area contributed by atoms with Crippen LogP contribution in [0.5, 0.6) is 11.5 Å². The Morgan fingerprint density at radius 2 is 1.51 bits per heavy atom. The van der Waals surface area contributed by atoms with Gasteiger partial charge in [-0.05, 0) is 109 Å². The zero-order chi connectivity index (χ0) is 34.4. The van der Waals surface area contributed by atoms with Gasteiger partial charge >= 0.3 is 5.97 Å². The average molecular weight is 681 g/mol. The number of carbonyl (C=O) groups excluding carboxylic acids is 1.